The van der Waals surface area contributed by atoms with Gasteiger partial charge in [0, 0.05) is 29.9 Å². The van der Waals surface area contributed by atoms with Crippen LogP contribution < -0.4 is 10.6 Å². The van der Waals surface area contributed by atoms with Crippen molar-refractivity contribution >= 4 is 34.2 Å². The minimum atomic E-state index is -0.410. The highest BCUT2D eigenvalue weighted by Gasteiger charge is 2.47. The van der Waals surface area contributed by atoms with Crippen LogP contribution in [0.25, 0.3) is 10.9 Å². The van der Waals surface area contributed by atoms with Crippen LogP contribution >= 0.6 is 0 Å². The van der Waals surface area contributed by atoms with Crippen LogP contribution in [0.5, 0.6) is 0 Å². The van der Waals surface area contributed by atoms with E-state index in [1.807, 2.05) is 47.4 Å². The minimum Gasteiger partial charge on any atom is -0.368 e. The van der Waals surface area contributed by atoms with E-state index in [1.54, 1.807) is 12.4 Å². The van der Waals surface area contributed by atoms with Crippen molar-refractivity contribution in [2.45, 2.75) is 43.7 Å². The molecule has 0 radical (unpaired) electrons. The summed E-state index contributed by atoms with van der Waals surface area (Å²) in [6.45, 7) is 1.25. The number of likely N-dealkylation sites (tertiary alicyclic amines) is 1. The highest BCUT2D eigenvalue weighted by atomic mass is 16.2. The van der Waals surface area contributed by atoms with Gasteiger partial charge in [-0.3, -0.25) is 14.8 Å². The summed E-state index contributed by atoms with van der Waals surface area (Å²) in [7, 11) is 0. The quantitative estimate of drug-likeness (QED) is 0.645. The number of hydrogen-bond donors (Lipinski definition) is 2. The summed E-state index contributed by atoms with van der Waals surface area (Å²) in [5, 5.41) is 8.19. The average Bonchev–Trinajstić information content (AvgIpc) is 3.49. The van der Waals surface area contributed by atoms with Gasteiger partial charge in [0.15, 0.2) is 5.82 Å². The van der Waals surface area contributed by atoms with Gasteiger partial charge in [0.25, 0.3) is 5.91 Å². The van der Waals surface area contributed by atoms with Crippen molar-refractivity contribution in [3.8, 4) is 0 Å². The predicted molar refractivity (Wildman–Crippen MR) is 126 cm³/mol. The molecule has 6 rings (SSSR count). The van der Waals surface area contributed by atoms with Crippen molar-refractivity contribution in [1.82, 2.24) is 14.9 Å². The number of benzene rings is 1. The van der Waals surface area contributed by atoms with Crippen LogP contribution in [-0.2, 0) is 0 Å². The molecule has 1 spiro atoms. The minimum absolute atomic E-state index is 0.0478. The topological polar surface area (TPSA) is 82.5 Å². The molecule has 3 aliphatic rings. The van der Waals surface area contributed by atoms with Crippen LogP contribution in [0.3, 0.4) is 0 Å². The molecule has 2 aromatic heterocycles. The number of fused-ring (bicyclic) bond motifs is 2. The predicted octanol–water partition coefficient (Wildman–Crippen LogP) is 4.09. The molecule has 2 N–H and O–H groups in total. The summed E-state index contributed by atoms with van der Waals surface area (Å²) in [5.41, 5.74) is 2.15. The third-order valence-electron chi connectivity index (χ3n) is 6.91. The molecule has 2 aliphatic heterocycles. The Hall–Kier alpha value is -3.48. The number of amidine groups is 1. The molecule has 162 valence electrons. The third-order valence-corrected chi connectivity index (χ3v) is 6.91. The monoisotopic (exact) mass is 426 g/mol. The second kappa shape index (κ2) is 7.58. The van der Waals surface area contributed by atoms with Gasteiger partial charge in [0.2, 0.25) is 0 Å². The molecule has 2 fully saturated rings. The molecular weight excluding hydrogens is 400 g/mol. The Balaban J connectivity index is 1.31. The fourth-order valence-electron chi connectivity index (χ4n) is 5.20. The summed E-state index contributed by atoms with van der Waals surface area (Å²) in [5.74, 6) is 1.78. The number of aromatic nitrogens is 2. The molecule has 0 bridgehead atoms. The zero-order valence-corrected chi connectivity index (χ0v) is 17.9. The number of aliphatic imine (C=N–C) groups is 1. The van der Waals surface area contributed by atoms with Gasteiger partial charge in [-0.2, -0.15) is 0 Å². The molecule has 1 saturated heterocycles. The number of anilines is 2. The first-order valence-corrected chi connectivity index (χ1v) is 11.4. The number of nitrogens with zero attached hydrogens (tertiary/aromatic N) is 4. The third kappa shape index (κ3) is 3.28. The lowest BCUT2D eigenvalue weighted by molar-refractivity contribution is 0.0789. The normalized spacial score (nSPS) is 24.0. The lowest BCUT2D eigenvalue weighted by atomic mass is 9.93. The van der Waals surface area contributed by atoms with Gasteiger partial charge in [-0.05, 0) is 55.7 Å². The average molecular weight is 427 g/mol. The van der Waals surface area contributed by atoms with Gasteiger partial charge in [-0.1, -0.05) is 18.9 Å². The second-order valence-electron chi connectivity index (χ2n) is 9.04. The first kappa shape index (κ1) is 19.2. The molecule has 4 heterocycles. The molecule has 1 aromatic carbocycles. The van der Waals surface area contributed by atoms with Crippen molar-refractivity contribution in [2.24, 2.45) is 4.99 Å². The van der Waals surface area contributed by atoms with Crippen molar-refractivity contribution in [2.75, 3.05) is 23.7 Å². The van der Waals surface area contributed by atoms with Gasteiger partial charge < -0.3 is 15.5 Å². The van der Waals surface area contributed by atoms with E-state index in [-0.39, 0.29) is 5.91 Å². The van der Waals surface area contributed by atoms with Crippen molar-refractivity contribution in [3.05, 3.63) is 60.4 Å². The maximum atomic E-state index is 13.4. The molecule has 7 heteroatoms. The number of nitrogens with one attached hydrogen (secondary N) is 2. The fourth-order valence-corrected chi connectivity index (χ4v) is 5.20. The molecular formula is C25H26N6O. The first-order chi connectivity index (χ1) is 15.7. The standard InChI is InChI=1S/C25H26N6O/c32-23(18-9-10-20-17(15-18)5-3-12-26-20)31-14-11-25(16-31)24(28-19-6-1-2-7-19)29-22-21(30-25)8-4-13-27-22/h3-5,8-10,12-13,15,19,30H,1-2,6-7,11,14,16H2,(H,27,28,29)/t25-/m1/s1. The van der Waals surface area contributed by atoms with Gasteiger partial charge >= 0.3 is 0 Å². The van der Waals surface area contributed by atoms with Crippen molar-refractivity contribution in [1.29, 1.82) is 0 Å². The molecule has 3 aromatic rings. The van der Waals surface area contributed by atoms with Crippen LogP contribution in [0.4, 0.5) is 11.5 Å². The van der Waals surface area contributed by atoms with Gasteiger partial charge in [-0.25, -0.2) is 4.98 Å². The Kier molecular flexibility index (Phi) is 4.56. The Morgan fingerprint density at radius 2 is 1.94 bits per heavy atom. The lowest BCUT2D eigenvalue weighted by Crippen LogP contribution is -2.55. The number of rotatable bonds is 2. The maximum absolute atomic E-state index is 13.4. The zero-order chi connectivity index (χ0) is 21.5. The summed E-state index contributed by atoms with van der Waals surface area (Å²) >= 11 is 0. The van der Waals surface area contributed by atoms with Crippen LogP contribution in [-0.4, -0.2) is 51.3 Å². The van der Waals surface area contributed by atoms with Crippen molar-refractivity contribution in [3.63, 3.8) is 0 Å². The summed E-state index contributed by atoms with van der Waals surface area (Å²) in [6, 6.07) is 13.9. The fraction of sp³-hybridized carbons (Fsp3) is 0.360. The number of pyridine rings is 2. The van der Waals surface area contributed by atoms with E-state index in [2.05, 4.69) is 20.6 Å². The smallest absolute Gasteiger partial charge is 0.253 e. The Bertz CT molecular complexity index is 1220. The molecule has 1 atom stereocenters. The number of carbonyl (C=O) groups excluding carboxylic acids is 1. The number of hydrogen-bond acceptors (Lipinski definition) is 5. The summed E-state index contributed by atoms with van der Waals surface area (Å²) in [4.78, 5) is 29.3. The highest BCUT2D eigenvalue weighted by molar-refractivity contribution is 6.10. The van der Waals surface area contributed by atoms with Crippen LogP contribution in [0.2, 0.25) is 0 Å². The second-order valence-corrected chi connectivity index (χ2v) is 9.04. The largest absolute Gasteiger partial charge is 0.368 e. The molecule has 1 saturated carbocycles. The zero-order valence-electron chi connectivity index (χ0n) is 17.9. The van der Waals surface area contributed by atoms with E-state index in [0.29, 0.717) is 24.7 Å². The van der Waals surface area contributed by atoms with Crippen LogP contribution in [0.1, 0.15) is 42.5 Å². The van der Waals surface area contributed by atoms with E-state index in [0.717, 1.165) is 47.5 Å². The van der Waals surface area contributed by atoms with E-state index in [1.165, 1.54) is 12.8 Å². The van der Waals surface area contributed by atoms with E-state index in [4.69, 9.17) is 4.99 Å². The summed E-state index contributed by atoms with van der Waals surface area (Å²) < 4.78 is 0. The highest BCUT2D eigenvalue weighted by Crippen LogP contribution is 2.37. The Morgan fingerprint density at radius 1 is 1.09 bits per heavy atom. The molecule has 32 heavy (non-hydrogen) atoms. The lowest BCUT2D eigenvalue weighted by Gasteiger charge is -2.38. The van der Waals surface area contributed by atoms with Crippen molar-refractivity contribution < 1.29 is 4.79 Å². The molecule has 0 unspecified atom stereocenters. The van der Waals surface area contributed by atoms with E-state index >= 15 is 0 Å². The number of amides is 1. The van der Waals surface area contributed by atoms with Crippen LogP contribution in [0.15, 0.2) is 59.9 Å². The Morgan fingerprint density at radius 3 is 2.84 bits per heavy atom. The SMILES string of the molecule is O=C(c1ccc2ncccc2c1)N1CC[C@]2(C1)Nc1cccnc1NC2=NC1CCCC1. The van der Waals surface area contributed by atoms with Gasteiger partial charge in [-0.15, -0.1) is 0 Å². The van der Waals surface area contributed by atoms with Gasteiger partial charge in [0.1, 0.15) is 11.4 Å². The molecule has 7 nitrogen and oxygen atoms in total. The Labute approximate surface area is 187 Å². The summed E-state index contributed by atoms with van der Waals surface area (Å²) in [6.07, 6.45) is 9.09. The molecule has 1 aliphatic carbocycles. The van der Waals surface area contributed by atoms with Crippen LogP contribution in [0, 0.1) is 0 Å². The van der Waals surface area contributed by atoms with E-state index in [9.17, 15) is 4.79 Å². The maximum Gasteiger partial charge on any atom is 0.253 e. The van der Waals surface area contributed by atoms with E-state index < -0.39 is 5.54 Å². The van der Waals surface area contributed by atoms with Gasteiger partial charge in [0.05, 0.1) is 23.8 Å². The number of carbonyl (C=O) groups is 1. The molecule has 1 amide bonds. The first-order valence-electron chi connectivity index (χ1n) is 11.4.